The van der Waals surface area contributed by atoms with Gasteiger partial charge in [0.1, 0.15) is 0 Å². The Morgan fingerprint density at radius 1 is 1.26 bits per heavy atom. The van der Waals surface area contributed by atoms with Gasteiger partial charge < -0.3 is 5.73 Å². The average Bonchev–Trinajstić information content (AvgIpc) is 2.38. The fourth-order valence-corrected chi connectivity index (χ4v) is 2.89. The van der Waals surface area contributed by atoms with Crippen LogP contribution >= 0.6 is 0 Å². The molecular formula is C15H25NO2S. The second-order valence-corrected chi connectivity index (χ2v) is 7.63. The van der Waals surface area contributed by atoms with Crippen molar-refractivity contribution in [2.24, 2.45) is 11.7 Å². The maximum atomic E-state index is 11.8. The van der Waals surface area contributed by atoms with Gasteiger partial charge in [0, 0.05) is 6.04 Å². The number of hydrogen-bond acceptors (Lipinski definition) is 3. The molecular weight excluding hydrogens is 258 g/mol. The van der Waals surface area contributed by atoms with Gasteiger partial charge in [-0.1, -0.05) is 32.9 Å². The molecule has 19 heavy (non-hydrogen) atoms. The first-order valence-corrected chi connectivity index (χ1v) is 8.59. The van der Waals surface area contributed by atoms with Gasteiger partial charge in [-0.2, -0.15) is 0 Å². The fraction of sp³-hybridized carbons (Fsp3) is 0.600. The van der Waals surface area contributed by atoms with E-state index < -0.39 is 9.84 Å². The molecule has 1 unspecified atom stereocenters. The molecule has 0 aromatic heterocycles. The molecule has 0 aliphatic carbocycles. The van der Waals surface area contributed by atoms with Gasteiger partial charge in [-0.3, -0.25) is 0 Å². The van der Waals surface area contributed by atoms with Crippen molar-refractivity contribution in [1.82, 2.24) is 0 Å². The molecule has 3 nitrogen and oxygen atoms in total. The molecule has 0 bridgehead atoms. The summed E-state index contributed by atoms with van der Waals surface area (Å²) in [5, 5.41) is 0. The summed E-state index contributed by atoms with van der Waals surface area (Å²) in [5.74, 6) is 0.640. The van der Waals surface area contributed by atoms with Crippen LogP contribution < -0.4 is 5.73 Å². The molecule has 1 aromatic rings. The standard InChI is InChI=1S/C15H25NO2S/c1-4-19(17,18)14-9-5-7-13(11-14)8-6-10-15(16)12(2)3/h5,7,9,11-12,15H,4,6,8,10,16H2,1-3H3. The smallest absolute Gasteiger partial charge is 0.178 e. The predicted octanol–water partition coefficient (Wildman–Crippen LogP) is 2.79. The molecule has 0 aliphatic rings. The van der Waals surface area contributed by atoms with Crippen LogP contribution in [0.3, 0.4) is 0 Å². The number of rotatable bonds is 7. The molecule has 0 saturated heterocycles. The van der Waals surface area contributed by atoms with Gasteiger partial charge >= 0.3 is 0 Å². The lowest BCUT2D eigenvalue weighted by molar-refractivity contribution is 0.452. The lowest BCUT2D eigenvalue weighted by Crippen LogP contribution is -2.26. The van der Waals surface area contributed by atoms with Gasteiger partial charge in [0.15, 0.2) is 9.84 Å². The maximum Gasteiger partial charge on any atom is 0.178 e. The first-order valence-electron chi connectivity index (χ1n) is 6.94. The third-order valence-electron chi connectivity index (χ3n) is 3.50. The molecule has 0 fully saturated rings. The van der Waals surface area contributed by atoms with Crippen molar-refractivity contribution in [2.75, 3.05) is 5.75 Å². The van der Waals surface area contributed by atoms with Crippen LogP contribution in [0, 0.1) is 5.92 Å². The van der Waals surface area contributed by atoms with E-state index in [9.17, 15) is 8.42 Å². The molecule has 0 radical (unpaired) electrons. The Morgan fingerprint density at radius 3 is 2.53 bits per heavy atom. The van der Waals surface area contributed by atoms with Crippen molar-refractivity contribution in [1.29, 1.82) is 0 Å². The largest absolute Gasteiger partial charge is 0.327 e. The van der Waals surface area contributed by atoms with Crippen LogP contribution in [0.25, 0.3) is 0 Å². The Balaban J connectivity index is 2.64. The summed E-state index contributed by atoms with van der Waals surface area (Å²) in [6, 6.07) is 7.49. The summed E-state index contributed by atoms with van der Waals surface area (Å²) in [5.41, 5.74) is 7.08. The van der Waals surface area contributed by atoms with Crippen molar-refractivity contribution in [2.45, 2.75) is 51.0 Å². The Morgan fingerprint density at radius 2 is 1.95 bits per heavy atom. The Bertz CT molecular complexity index is 495. The quantitative estimate of drug-likeness (QED) is 0.837. The van der Waals surface area contributed by atoms with Crippen molar-refractivity contribution in [3.8, 4) is 0 Å². The highest BCUT2D eigenvalue weighted by Gasteiger charge is 2.12. The first-order chi connectivity index (χ1) is 8.86. The second kappa shape index (κ2) is 7.06. The summed E-state index contributed by atoms with van der Waals surface area (Å²) < 4.78 is 23.6. The molecule has 1 rings (SSSR count). The van der Waals surface area contributed by atoms with E-state index in [0.29, 0.717) is 10.8 Å². The number of benzene rings is 1. The molecule has 0 saturated carbocycles. The Hall–Kier alpha value is -0.870. The van der Waals surface area contributed by atoms with E-state index in [2.05, 4.69) is 13.8 Å². The van der Waals surface area contributed by atoms with Crippen LogP contribution in [-0.2, 0) is 16.3 Å². The summed E-state index contributed by atoms with van der Waals surface area (Å²) in [7, 11) is -3.10. The van der Waals surface area contributed by atoms with Crippen LogP contribution in [0.15, 0.2) is 29.2 Å². The highest BCUT2D eigenvalue weighted by atomic mass is 32.2. The van der Waals surface area contributed by atoms with Crippen molar-refractivity contribution in [3.63, 3.8) is 0 Å². The van der Waals surface area contributed by atoms with Crippen molar-refractivity contribution in [3.05, 3.63) is 29.8 Å². The van der Waals surface area contributed by atoms with E-state index in [4.69, 9.17) is 5.73 Å². The summed E-state index contributed by atoms with van der Waals surface area (Å²) in [6.45, 7) is 5.92. The van der Waals surface area contributed by atoms with E-state index >= 15 is 0 Å². The monoisotopic (exact) mass is 283 g/mol. The lowest BCUT2D eigenvalue weighted by Gasteiger charge is -2.15. The molecule has 0 spiro atoms. The molecule has 4 heteroatoms. The SMILES string of the molecule is CCS(=O)(=O)c1cccc(CCCC(N)C(C)C)c1. The highest BCUT2D eigenvalue weighted by molar-refractivity contribution is 7.91. The zero-order valence-corrected chi connectivity index (χ0v) is 12.9. The van der Waals surface area contributed by atoms with E-state index in [1.54, 1.807) is 19.1 Å². The fourth-order valence-electron chi connectivity index (χ4n) is 1.94. The topological polar surface area (TPSA) is 60.2 Å². The minimum absolute atomic E-state index is 0.147. The van der Waals surface area contributed by atoms with Crippen LogP contribution in [-0.4, -0.2) is 20.2 Å². The summed E-state index contributed by atoms with van der Waals surface area (Å²) in [6.07, 6.45) is 2.85. The Kier molecular flexibility index (Phi) is 6.01. The maximum absolute atomic E-state index is 11.8. The van der Waals surface area contributed by atoms with E-state index in [1.807, 2.05) is 12.1 Å². The number of hydrogen-bond donors (Lipinski definition) is 1. The highest BCUT2D eigenvalue weighted by Crippen LogP contribution is 2.16. The number of aryl methyl sites for hydroxylation is 1. The lowest BCUT2D eigenvalue weighted by atomic mass is 9.98. The van der Waals surface area contributed by atoms with Gasteiger partial charge in [0.2, 0.25) is 0 Å². The minimum atomic E-state index is -3.10. The minimum Gasteiger partial charge on any atom is -0.327 e. The number of sulfone groups is 1. The van der Waals surface area contributed by atoms with Crippen LogP contribution in [0.2, 0.25) is 0 Å². The zero-order valence-electron chi connectivity index (χ0n) is 12.1. The Labute approximate surface area is 117 Å². The number of nitrogens with two attached hydrogens (primary N) is 1. The van der Waals surface area contributed by atoms with Gasteiger partial charge in [-0.15, -0.1) is 0 Å². The molecule has 0 amide bonds. The molecule has 2 N–H and O–H groups in total. The normalized spacial score (nSPS) is 13.7. The van der Waals surface area contributed by atoms with Gasteiger partial charge in [0.05, 0.1) is 10.6 Å². The molecule has 0 aliphatic heterocycles. The summed E-state index contributed by atoms with van der Waals surface area (Å²) >= 11 is 0. The van der Waals surface area contributed by atoms with E-state index in [0.717, 1.165) is 24.8 Å². The van der Waals surface area contributed by atoms with Crippen LogP contribution in [0.4, 0.5) is 0 Å². The van der Waals surface area contributed by atoms with Crippen LogP contribution in [0.5, 0.6) is 0 Å². The van der Waals surface area contributed by atoms with Crippen molar-refractivity contribution >= 4 is 9.84 Å². The molecule has 1 atom stereocenters. The van der Waals surface area contributed by atoms with Crippen LogP contribution in [0.1, 0.15) is 39.2 Å². The third-order valence-corrected chi connectivity index (χ3v) is 5.23. The zero-order chi connectivity index (χ0) is 14.5. The van der Waals surface area contributed by atoms with E-state index in [1.165, 1.54) is 0 Å². The molecule has 0 heterocycles. The van der Waals surface area contributed by atoms with Gasteiger partial charge in [0.25, 0.3) is 0 Å². The summed E-state index contributed by atoms with van der Waals surface area (Å²) in [4.78, 5) is 0.431. The second-order valence-electron chi connectivity index (χ2n) is 5.35. The third kappa shape index (κ3) is 4.96. The predicted molar refractivity (Wildman–Crippen MR) is 79.9 cm³/mol. The molecule has 108 valence electrons. The van der Waals surface area contributed by atoms with Crippen molar-refractivity contribution < 1.29 is 8.42 Å². The van der Waals surface area contributed by atoms with Gasteiger partial charge in [-0.05, 0) is 42.9 Å². The molecule has 1 aromatic carbocycles. The average molecular weight is 283 g/mol. The van der Waals surface area contributed by atoms with E-state index in [-0.39, 0.29) is 11.8 Å². The van der Waals surface area contributed by atoms with Gasteiger partial charge in [-0.25, -0.2) is 8.42 Å². The first kappa shape index (κ1) is 16.2.